The summed E-state index contributed by atoms with van der Waals surface area (Å²) in [5.41, 5.74) is 1.17. The van der Waals surface area contributed by atoms with Crippen LogP contribution < -0.4 is 9.47 Å². The van der Waals surface area contributed by atoms with E-state index in [4.69, 9.17) is 9.47 Å². The molecular weight excluding hydrogens is 296 g/mol. The van der Waals surface area contributed by atoms with E-state index in [2.05, 4.69) is 25.1 Å². The maximum atomic E-state index is 5.33. The number of benzene rings is 1. The predicted molar refractivity (Wildman–Crippen MR) is 105 cm³/mol. The molecule has 0 saturated carbocycles. The van der Waals surface area contributed by atoms with Gasteiger partial charge >= 0.3 is 0 Å². The van der Waals surface area contributed by atoms with Crippen molar-refractivity contribution in [3.63, 3.8) is 0 Å². The van der Waals surface area contributed by atoms with Crippen LogP contribution in [0.2, 0.25) is 0 Å². The summed E-state index contributed by atoms with van der Waals surface area (Å²) < 4.78 is 10.6. The largest absolute Gasteiger partial charge is 0.493 e. The molecule has 0 aliphatic rings. The molecule has 0 aliphatic carbocycles. The van der Waals surface area contributed by atoms with E-state index >= 15 is 0 Å². The Morgan fingerprint density at radius 1 is 0.750 bits per heavy atom. The third-order valence-corrected chi connectivity index (χ3v) is 4.44. The Bertz CT molecular complexity index is 451. The monoisotopic (exact) mass is 332 g/mol. The van der Waals surface area contributed by atoms with Gasteiger partial charge in [-0.1, -0.05) is 82.9 Å². The highest BCUT2D eigenvalue weighted by atomic mass is 16.5. The van der Waals surface area contributed by atoms with Gasteiger partial charge < -0.3 is 9.47 Å². The molecule has 1 rings (SSSR count). The second kappa shape index (κ2) is 13.9. The van der Waals surface area contributed by atoms with Crippen molar-refractivity contribution in [2.75, 3.05) is 14.2 Å². The number of ether oxygens (including phenoxy) is 2. The van der Waals surface area contributed by atoms with E-state index < -0.39 is 0 Å². The Kier molecular flexibility index (Phi) is 12.0. The minimum Gasteiger partial charge on any atom is -0.493 e. The third kappa shape index (κ3) is 9.00. The Labute approximate surface area is 149 Å². The second-order valence-corrected chi connectivity index (χ2v) is 6.49. The van der Waals surface area contributed by atoms with Crippen LogP contribution in [0, 0.1) is 0 Å². The highest BCUT2D eigenvalue weighted by Gasteiger charge is 2.02. The Hall–Kier alpha value is -1.44. The Balaban J connectivity index is 2.07. The van der Waals surface area contributed by atoms with Gasteiger partial charge in [-0.15, -0.1) is 0 Å². The van der Waals surface area contributed by atoms with Gasteiger partial charge in [-0.25, -0.2) is 0 Å². The van der Waals surface area contributed by atoms with E-state index in [1.807, 2.05) is 12.1 Å². The zero-order valence-electron chi connectivity index (χ0n) is 16.0. The number of rotatable bonds is 14. The topological polar surface area (TPSA) is 18.5 Å². The van der Waals surface area contributed by atoms with Crippen LogP contribution in [0.3, 0.4) is 0 Å². The van der Waals surface area contributed by atoms with E-state index in [0.717, 1.165) is 17.9 Å². The molecule has 136 valence electrons. The summed E-state index contributed by atoms with van der Waals surface area (Å²) in [6.45, 7) is 2.28. The van der Waals surface area contributed by atoms with Crippen LogP contribution in [0.5, 0.6) is 11.5 Å². The highest BCUT2D eigenvalue weighted by molar-refractivity contribution is 5.55. The highest BCUT2D eigenvalue weighted by Crippen LogP contribution is 2.28. The van der Waals surface area contributed by atoms with Crippen molar-refractivity contribution in [1.82, 2.24) is 0 Å². The van der Waals surface area contributed by atoms with Gasteiger partial charge in [0.2, 0.25) is 0 Å². The molecule has 0 bridgehead atoms. The van der Waals surface area contributed by atoms with Crippen molar-refractivity contribution in [3.05, 3.63) is 29.8 Å². The van der Waals surface area contributed by atoms with Gasteiger partial charge in [0.25, 0.3) is 0 Å². The minimum absolute atomic E-state index is 0.782. The molecule has 0 saturated heterocycles. The van der Waals surface area contributed by atoms with Gasteiger partial charge in [-0.05, 0) is 30.5 Å². The molecule has 0 radical (unpaired) electrons. The minimum atomic E-state index is 0.782. The standard InChI is InChI=1S/C22H36O2/c1-4-5-6-7-8-9-10-11-12-13-14-15-16-20-17-18-21(23-2)22(19-20)24-3/h15-19H,4-14H2,1-3H3/b16-15+. The van der Waals surface area contributed by atoms with Crippen LogP contribution in [0.25, 0.3) is 6.08 Å². The lowest BCUT2D eigenvalue weighted by atomic mass is 10.1. The summed E-state index contributed by atoms with van der Waals surface area (Å²) in [6, 6.07) is 6.04. The van der Waals surface area contributed by atoms with E-state index in [9.17, 15) is 0 Å². The quantitative estimate of drug-likeness (QED) is 0.340. The molecule has 0 fully saturated rings. The molecule has 1 aromatic rings. The molecule has 0 atom stereocenters. The average molecular weight is 333 g/mol. The van der Waals surface area contributed by atoms with Gasteiger partial charge in [0.1, 0.15) is 0 Å². The SMILES string of the molecule is CCCCCCCCCCCC/C=C/c1ccc(OC)c(OC)c1. The van der Waals surface area contributed by atoms with E-state index in [-0.39, 0.29) is 0 Å². The number of hydrogen-bond acceptors (Lipinski definition) is 2. The van der Waals surface area contributed by atoms with E-state index in [0.29, 0.717) is 0 Å². The Morgan fingerprint density at radius 2 is 1.33 bits per heavy atom. The van der Waals surface area contributed by atoms with Crippen molar-refractivity contribution in [3.8, 4) is 11.5 Å². The Morgan fingerprint density at radius 3 is 1.92 bits per heavy atom. The predicted octanol–water partition coefficient (Wildman–Crippen LogP) is 7.03. The number of unbranched alkanes of at least 4 members (excludes halogenated alkanes) is 10. The number of hydrogen-bond donors (Lipinski definition) is 0. The summed E-state index contributed by atoms with van der Waals surface area (Å²) in [7, 11) is 3.34. The summed E-state index contributed by atoms with van der Waals surface area (Å²) in [5.74, 6) is 1.57. The average Bonchev–Trinajstić information content (AvgIpc) is 2.62. The lowest BCUT2D eigenvalue weighted by molar-refractivity contribution is 0.355. The molecule has 0 amide bonds. The van der Waals surface area contributed by atoms with Crippen molar-refractivity contribution in [1.29, 1.82) is 0 Å². The van der Waals surface area contributed by atoms with Crippen LogP contribution >= 0.6 is 0 Å². The molecule has 24 heavy (non-hydrogen) atoms. The molecule has 0 aromatic heterocycles. The summed E-state index contributed by atoms with van der Waals surface area (Å²) in [5, 5.41) is 0. The first-order chi connectivity index (χ1) is 11.8. The maximum absolute atomic E-state index is 5.33. The van der Waals surface area contributed by atoms with Gasteiger partial charge in [-0.2, -0.15) is 0 Å². The van der Waals surface area contributed by atoms with Gasteiger partial charge in [-0.3, -0.25) is 0 Å². The zero-order chi connectivity index (χ0) is 17.5. The van der Waals surface area contributed by atoms with Crippen molar-refractivity contribution >= 4 is 6.08 Å². The van der Waals surface area contributed by atoms with Crippen LogP contribution in [-0.2, 0) is 0 Å². The lowest BCUT2D eigenvalue weighted by Gasteiger charge is -2.07. The number of allylic oxidation sites excluding steroid dienone is 1. The first-order valence-electron chi connectivity index (χ1n) is 9.70. The summed E-state index contributed by atoms with van der Waals surface area (Å²) in [6.07, 6.45) is 19.5. The molecule has 2 heteroatoms. The van der Waals surface area contributed by atoms with Crippen molar-refractivity contribution in [2.24, 2.45) is 0 Å². The van der Waals surface area contributed by atoms with E-state index in [1.54, 1.807) is 14.2 Å². The molecule has 2 nitrogen and oxygen atoms in total. The van der Waals surface area contributed by atoms with Gasteiger partial charge in [0.05, 0.1) is 14.2 Å². The first-order valence-corrected chi connectivity index (χ1v) is 9.70. The smallest absolute Gasteiger partial charge is 0.161 e. The lowest BCUT2D eigenvalue weighted by Crippen LogP contribution is -1.90. The first kappa shape index (κ1) is 20.6. The van der Waals surface area contributed by atoms with E-state index in [1.165, 1.54) is 69.8 Å². The van der Waals surface area contributed by atoms with Crippen molar-refractivity contribution < 1.29 is 9.47 Å². The van der Waals surface area contributed by atoms with Gasteiger partial charge in [0, 0.05) is 0 Å². The summed E-state index contributed by atoms with van der Waals surface area (Å²) >= 11 is 0. The van der Waals surface area contributed by atoms with Crippen LogP contribution in [-0.4, -0.2) is 14.2 Å². The van der Waals surface area contributed by atoms with Crippen LogP contribution in [0.15, 0.2) is 24.3 Å². The second-order valence-electron chi connectivity index (χ2n) is 6.49. The fourth-order valence-corrected chi connectivity index (χ4v) is 2.93. The molecule has 0 spiro atoms. The van der Waals surface area contributed by atoms with Crippen LogP contribution in [0.4, 0.5) is 0 Å². The third-order valence-electron chi connectivity index (χ3n) is 4.44. The molecular formula is C22H36O2. The molecule has 1 aromatic carbocycles. The maximum Gasteiger partial charge on any atom is 0.161 e. The fourth-order valence-electron chi connectivity index (χ4n) is 2.93. The number of methoxy groups -OCH3 is 2. The molecule has 0 heterocycles. The molecule has 0 N–H and O–H groups in total. The van der Waals surface area contributed by atoms with Crippen LogP contribution in [0.1, 0.15) is 83.1 Å². The molecule has 0 unspecified atom stereocenters. The van der Waals surface area contributed by atoms with Crippen molar-refractivity contribution in [2.45, 2.75) is 77.6 Å². The zero-order valence-corrected chi connectivity index (χ0v) is 16.0. The normalized spacial score (nSPS) is 11.1. The van der Waals surface area contributed by atoms with Gasteiger partial charge in [0.15, 0.2) is 11.5 Å². The molecule has 0 aliphatic heterocycles. The summed E-state index contributed by atoms with van der Waals surface area (Å²) in [4.78, 5) is 0. The fraction of sp³-hybridized carbons (Fsp3) is 0.636.